The quantitative estimate of drug-likeness (QED) is 0.166. The molecule has 6 rings (SSSR count). The zero-order valence-corrected chi connectivity index (χ0v) is 45.0. The molecule has 2 aromatic carbocycles. The van der Waals surface area contributed by atoms with Crippen LogP contribution < -0.4 is 0 Å². The second-order valence-electron chi connectivity index (χ2n) is 21.0. The standard InChI is InChI=1S/C51H77NO16S2/c1-16-39-51(12,55)45(67-69(56,57)36-21-17-28(2)18-22-36)32(6)42-30(4)26-50(11,66-42)44(65-48-41(53)38(52(13)14)25-31(5)61-48)33(7)43(34(8)47(54)63-39)64-40-27-49(10,60-15)46(35(9)62-40)68-70(58,59)37-23-19-29(3)20-24-37/h17-24,31-35,38-41,43-46,48,53,55H,16,25-27H2,1-15H3/t31-,32+,33+,34-,35+,38+,39-,40+,41-,43+,44-,45-,46+,48+,49-,50-,51-/m1/s1. The Morgan fingerprint density at radius 2 is 1.33 bits per heavy atom. The van der Waals surface area contributed by atoms with Gasteiger partial charge in [-0.3, -0.25) is 13.2 Å². The van der Waals surface area contributed by atoms with Crippen LogP contribution in [0.25, 0.3) is 0 Å². The Kier molecular flexibility index (Phi) is 17.2. The third-order valence-corrected chi connectivity index (χ3v) is 17.6. The number of carbonyl (C=O) groups is 1. The van der Waals surface area contributed by atoms with E-state index in [0.29, 0.717) is 12.2 Å². The van der Waals surface area contributed by atoms with Crippen LogP contribution in [0.2, 0.25) is 0 Å². The summed E-state index contributed by atoms with van der Waals surface area (Å²) in [6.45, 7) is 20.9. The Morgan fingerprint density at radius 1 is 0.786 bits per heavy atom. The van der Waals surface area contributed by atoms with E-state index in [9.17, 15) is 31.8 Å². The number of hydrogen-bond donors (Lipinski definition) is 2. The maximum atomic E-state index is 14.8. The van der Waals surface area contributed by atoms with E-state index in [-0.39, 0.29) is 41.2 Å². The largest absolute Gasteiger partial charge is 0.489 e. The van der Waals surface area contributed by atoms with Gasteiger partial charge in [0.25, 0.3) is 20.2 Å². The lowest BCUT2D eigenvalue weighted by Gasteiger charge is -2.49. The number of rotatable bonds is 13. The number of ether oxygens (including phenoxy) is 7. The Morgan fingerprint density at radius 3 is 1.84 bits per heavy atom. The lowest BCUT2D eigenvalue weighted by atomic mass is 9.78. The number of likely N-dealkylation sites (N-methyl/N-ethyl adjacent to an activating group) is 1. The fourth-order valence-corrected chi connectivity index (χ4v) is 13.3. The van der Waals surface area contributed by atoms with E-state index in [2.05, 4.69) is 0 Å². The van der Waals surface area contributed by atoms with Gasteiger partial charge < -0.3 is 48.3 Å². The molecule has 0 saturated carbocycles. The number of esters is 1. The fourth-order valence-electron chi connectivity index (χ4n) is 10.9. The Balaban J connectivity index is 1.43. The molecule has 394 valence electrons. The number of carbonyl (C=O) groups excluding carboxylic acids is 1. The second kappa shape index (κ2) is 21.4. The highest BCUT2D eigenvalue weighted by Crippen LogP contribution is 2.48. The summed E-state index contributed by atoms with van der Waals surface area (Å²) in [6.07, 6.45) is -10.1. The van der Waals surface area contributed by atoms with Crippen molar-refractivity contribution in [1.82, 2.24) is 4.90 Å². The molecule has 4 heterocycles. The SMILES string of the molecule is CC[C@H]1OC(=O)[C@H](C)[C@@H](O[C@H]2C[C@@](C)(OC)[C@@H](OS(=O)(=O)c3ccc(C)cc3)[C@H](C)O2)[C@H](C)[C@@H](O[C@@H]2O[C@H](C)C[C@H](N(C)C)[C@H]2O)[C@@]2(C)CC(C)=C(O2)[C@H](C)[C@@H](OS(=O)(=O)c2ccc(C)cc2)[C@]1(C)O. The third kappa shape index (κ3) is 11.7. The molecule has 0 unspecified atom stereocenters. The van der Waals surface area contributed by atoms with E-state index in [0.717, 1.165) is 16.7 Å². The van der Waals surface area contributed by atoms with Crippen LogP contribution in [0.4, 0.5) is 0 Å². The molecule has 17 nitrogen and oxygen atoms in total. The fraction of sp³-hybridized carbons (Fsp3) is 0.706. The number of aliphatic hydroxyl groups excluding tert-OH is 1. The highest BCUT2D eigenvalue weighted by atomic mass is 32.2. The van der Waals surface area contributed by atoms with Gasteiger partial charge in [-0.05, 0) is 119 Å². The van der Waals surface area contributed by atoms with Crippen molar-refractivity contribution in [2.24, 2.45) is 17.8 Å². The molecule has 3 fully saturated rings. The maximum Gasteiger partial charge on any atom is 0.311 e. The Hall–Kier alpha value is -3.05. The first-order valence-corrected chi connectivity index (χ1v) is 27.1. The third-order valence-electron chi connectivity index (χ3n) is 14.9. The normalized spacial score (nSPS) is 39.1. The molecule has 0 spiro atoms. The van der Waals surface area contributed by atoms with Crippen molar-refractivity contribution in [2.45, 2.75) is 203 Å². The van der Waals surface area contributed by atoms with Crippen LogP contribution in [-0.2, 0) is 66.6 Å². The van der Waals surface area contributed by atoms with Crippen LogP contribution in [0.15, 0.2) is 69.7 Å². The molecule has 0 radical (unpaired) electrons. The Labute approximate surface area is 415 Å². The molecule has 4 aliphatic rings. The molecular formula is C51H77NO16S2. The highest BCUT2D eigenvalue weighted by molar-refractivity contribution is 7.87. The second-order valence-corrected chi connectivity index (χ2v) is 24.2. The highest BCUT2D eigenvalue weighted by Gasteiger charge is 2.58. The van der Waals surface area contributed by atoms with Gasteiger partial charge in [0.15, 0.2) is 12.6 Å². The zero-order chi connectivity index (χ0) is 52.1. The molecule has 0 amide bonds. The van der Waals surface area contributed by atoms with Crippen molar-refractivity contribution in [1.29, 1.82) is 0 Å². The number of benzene rings is 2. The minimum absolute atomic E-state index is 0.0308. The number of aliphatic hydroxyl groups is 2. The average Bonchev–Trinajstić information content (AvgIpc) is 3.60. The summed E-state index contributed by atoms with van der Waals surface area (Å²) in [6, 6.07) is 12.1. The molecule has 2 N–H and O–H groups in total. The number of aryl methyl sites for hydroxylation is 2. The molecule has 2 aromatic rings. The van der Waals surface area contributed by atoms with Crippen molar-refractivity contribution in [3.05, 3.63) is 71.0 Å². The van der Waals surface area contributed by atoms with E-state index in [1.807, 2.05) is 60.5 Å². The summed E-state index contributed by atoms with van der Waals surface area (Å²) in [5.41, 5.74) is -2.33. The van der Waals surface area contributed by atoms with Crippen molar-refractivity contribution in [3.63, 3.8) is 0 Å². The van der Waals surface area contributed by atoms with Gasteiger partial charge in [0, 0.05) is 37.8 Å². The van der Waals surface area contributed by atoms with Crippen LogP contribution >= 0.6 is 0 Å². The van der Waals surface area contributed by atoms with Crippen molar-refractivity contribution in [3.8, 4) is 0 Å². The average molecular weight is 1020 g/mol. The van der Waals surface area contributed by atoms with Crippen LogP contribution in [0.5, 0.6) is 0 Å². The molecule has 19 heteroatoms. The topological polar surface area (TPSA) is 212 Å². The van der Waals surface area contributed by atoms with Gasteiger partial charge in [-0.15, -0.1) is 0 Å². The van der Waals surface area contributed by atoms with E-state index < -0.39 is 116 Å². The van der Waals surface area contributed by atoms with Crippen molar-refractivity contribution >= 4 is 26.2 Å². The minimum Gasteiger partial charge on any atom is -0.489 e. The molecule has 70 heavy (non-hydrogen) atoms. The number of hydrogen-bond acceptors (Lipinski definition) is 17. The van der Waals surface area contributed by atoms with Crippen LogP contribution in [-0.4, -0.2) is 143 Å². The molecule has 2 bridgehead atoms. The summed E-state index contributed by atoms with van der Waals surface area (Å²) in [5.74, 6) is -3.35. The monoisotopic (exact) mass is 1020 g/mol. The van der Waals surface area contributed by atoms with E-state index in [1.165, 1.54) is 38.3 Å². The molecule has 0 aliphatic carbocycles. The van der Waals surface area contributed by atoms with Gasteiger partial charge >= 0.3 is 5.97 Å². The van der Waals surface area contributed by atoms with Crippen LogP contribution in [0, 0.1) is 31.6 Å². The molecule has 0 aromatic heterocycles. The first-order chi connectivity index (χ1) is 32.5. The van der Waals surface area contributed by atoms with Crippen LogP contribution in [0.1, 0.15) is 106 Å². The van der Waals surface area contributed by atoms with Crippen molar-refractivity contribution in [2.75, 3.05) is 21.2 Å². The lowest BCUT2D eigenvalue weighted by Crippen LogP contribution is -2.60. The predicted molar refractivity (Wildman–Crippen MR) is 258 cm³/mol. The van der Waals surface area contributed by atoms with E-state index in [1.54, 1.807) is 58.9 Å². The molecule has 17 atom stereocenters. The van der Waals surface area contributed by atoms with Gasteiger partial charge in [-0.25, -0.2) is 0 Å². The minimum atomic E-state index is -4.53. The molecule has 4 aliphatic heterocycles. The number of cyclic esters (lactones) is 1. The first kappa shape index (κ1) is 56.2. The van der Waals surface area contributed by atoms with Gasteiger partial charge in [0.1, 0.15) is 47.5 Å². The summed E-state index contributed by atoms with van der Waals surface area (Å²) in [5, 5.41) is 24.6. The van der Waals surface area contributed by atoms with Gasteiger partial charge in [-0.2, -0.15) is 16.8 Å². The summed E-state index contributed by atoms with van der Waals surface area (Å²) < 4.78 is 114. The molecular weight excluding hydrogens is 947 g/mol. The van der Waals surface area contributed by atoms with Gasteiger partial charge in [0.2, 0.25) is 0 Å². The summed E-state index contributed by atoms with van der Waals surface area (Å²) in [4.78, 5) is 16.6. The first-order valence-electron chi connectivity index (χ1n) is 24.3. The van der Waals surface area contributed by atoms with Gasteiger partial charge in [0.05, 0.1) is 39.6 Å². The lowest BCUT2D eigenvalue weighted by molar-refractivity contribution is -0.315. The Bertz CT molecular complexity index is 2390. The number of fused-ring (bicyclic) bond motifs is 2. The molecule has 3 saturated heterocycles. The van der Waals surface area contributed by atoms with E-state index >= 15 is 0 Å². The summed E-state index contributed by atoms with van der Waals surface area (Å²) in [7, 11) is -3.64. The zero-order valence-electron chi connectivity index (χ0n) is 43.4. The van der Waals surface area contributed by atoms with Crippen LogP contribution in [0.3, 0.4) is 0 Å². The van der Waals surface area contributed by atoms with E-state index in [4.69, 9.17) is 41.5 Å². The summed E-state index contributed by atoms with van der Waals surface area (Å²) >= 11 is 0. The predicted octanol–water partition coefficient (Wildman–Crippen LogP) is 6.34. The smallest absolute Gasteiger partial charge is 0.311 e. The maximum absolute atomic E-state index is 14.8. The van der Waals surface area contributed by atoms with Crippen molar-refractivity contribution < 1.29 is 73.4 Å². The van der Waals surface area contributed by atoms with Gasteiger partial charge in [-0.1, -0.05) is 56.2 Å². The number of nitrogens with zero attached hydrogens (tertiary/aromatic N) is 1. The number of methoxy groups -OCH3 is 1.